The summed E-state index contributed by atoms with van der Waals surface area (Å²) in [7, 11) is 0. The van der Waals surface area contributed by atoms with Crippen molar-refractivity contribution in [3.8, 4) is 11.3 Å². The van der Waals surface area contributed by atoms with Crippen molar-refractivity contribution in [1.82, 2.24) is 9.97 Å². The van der Waals surface area contributed by atoms with E-state index >= 15 is 0 Å². The van der Waals surface area contributed by atoms with E-state index < -0.39 is 0 Å². The number of rotatable bonds is 8. The number of hydrogen-bond donors (Lipinski definition) is 1. The Hall–Kier alpha value is -3.39. The average Bonchev–Trinajstić information content (AvgIpc) is 2.85. The van der Waals surface area contributed by atoms with E-state index in [1.807, 2.05) is 33.1 Å². The number of anilines is 1. The summed E-state index contributed by atoms with van der Waals surface area (Å²) < 4.78 is 13.1. The maximum absolute atomic E-state index is 13.1. The van der Waals surface area contributed by atoms with Crippen molar-refractivity contribution in [2.24, 2.45) is 5.18 Å². The van der Waals surface area contributed by atoms with E-state index in [0.29, 0.717) is 28.5 Å². The molecule has 0 unspecified atom stereocenters. The molecule has 0 bridgehead atoms. The first-order valence-electron chi connectivity index (χ1n) is 10.6. The van der Waals surface area contributed by atoms with Gasteiger partial charge in [-0.15, -0.1) is 16.7 Å². The number of thioether (sulfide) groups is 1. The minimum Gasteiger partial charge on any atom is -0.309 e. The predicted molar refractivity (Wildman–Crippen MR) is 135 cm³/mol. The van der Waals surface area contributed by atoms with Crippen molar-refractivity contribution >= 4 is 34.1 Å². The zero-order valence-electron chi connectivity index (χ0n) is 19.1. The number of nitrogens with zero attached hydrogens (tertiary/aromatic N) is 3. The van der Waals surface area contributed by atoms with Crippen LogP contribution in [0.2, 0.25) is 0 Å². The predicted octanol–water partition coefficient (Wildman–Crippen LogP) is 7.00. The lowest BCUT2D eigenvalue weighted by atomic mass is 10.1. The van der Waals surface area contributed by atoms with E-state index in [1.165, 1.54) is 23.9 Å². The maximum atomic E-state index is 13.1. The molecule has 0 radical (unpaired) electrons. The molecule has 2 aromatic carbocycles. The van der Waals surface area contributed by atoms with Gasteiger partial charge in [-0.05, 0) is 47.7 Å². The monoisotopic (exact) mass is 466 g/mol. The molecule has 1 aromatic heterocycles. The number of amides is 1. The van der Waals surface area contributed by atoms with Gasteiger partial charge in [0.15, 0.2) is 5.82 Å². The molecule has 0 spiro atoms. The second-order valence-electron chi connectivity index (χ2n) is 6.62. The van der Waals surface area contributed by atoms with Gasteiger partial charge in [-0.3, -0.25) is 4.79 Å². The summed E-state index contributed by atoms with van der Waals surface area (Å²) in [4.78, 5) is 33.3. The molecular formula is C25H27FN4O2S. The lowest BCUT2D eigenvalue weighted by Gasteiger charge is -2.13. The van der Waals surface area contributed by atoms with E-state index in [0.717, 1.165) is 16.9 Å². The molecule has 0 atom stereocenters. The summed E-state index contributed by atoms with van der Waals surface area (Å²) in [6, 6.07) is 12.5. The summed E-state index contributed by atoms with van der Waals surface area (Å²) >= 11 is 1.51. The van der Waals surface area contributed by atoms with Crippen LogP contribution in [0.15, 0.2) is 66.0 Å². The molecule has 1 N–H and O–H groups in total. The first kappa shape index (κ1) is 25.9. The summed E-state index contributed by atoms with van der Waals surface area (Å²) in [5.74, 6) is -0.261. The smallest absolute Gasteiger partial charge is 0.230 e. The van der Waals surface area contributed by atoms with Crippen LogP contribution in [0.4, 0.5) is 15.9 Å². The number of nitroso groups, excluding NO2 is 1. The number of nitrogens with one attached hydrogen (secondary N) is 1. The molecule has 1 heterocycles. The number of aromatic nitrogens is 2. The lowest BCUT2D eigenvalue weighted by molar-refractivity contribution is -0.115. The van der Waals surface area contributed by atoms with Crippen molar-refractivity contribution in [2.75, 3.05) is 11.6 Å². The Morgan fingerprint density at radius 1 is 1.12 bits per heavy atom. The highest BCUT2D eigenvalue weighted by atomic mass is 32.2. The largest absolute Gasteiger partial charge is 0.309 e. The number of carbonyl (C=O) groups excluding carboxylic acids is 1. The average molecular weight is 467 g/mol. The molecule has 172 valence electrons. The van der Waals surface area contributed by atoms with Crippen molar-refractivity contribution in [2.45, 2.75) is 33.6 Å². The summed E-state index contributed by atoms with van der Waals surface area (Å²) in [5, 5.41) is 5.73. The van der Waals surface area contributed by atoms with Crippen LogP contribution < -0.4 is 5.32 Å². The van der Waals surface area contributed by atoms with Gasteiger partial charge < -0.3 is 5.32 Å². The Morgan fingerprint density at radius 3 is 2.36 bits per heavy atom. The van der Waals surface area contributed by atoms with E-state index in [4.69, 9.17) is 4.98 Å². The number of benzene rings is 2. The van der Waals surface area contributed by atoms with Gasteiger partial charge in [0, 0.05) is 10.5 Å². The van der Waals surface area contributed by atoms with Crippen LogP contribution in [0.25, 0.3) is 16.2 Å². The molecule has 0 saturated heterocycles. The molecule has 6 nitrogen and oxygen atoms in total. The van der Waals surface area contributed by atoms with Gasteiger partial charge in [0.1, 0.15) is 17.2 Å². The topological polar surface area (TPSA) is 84.3 Å². The van der Waals surface area contributed by atoms with Crippen molar-refractivity contribution in [3.05, 3.63) is 82.8 Å². The van der Waals surface area contributed by atoms with Crippen molar-refractivity contribution in [3.63, 3.8) is 0 Å². The zero-order valence-corrected chi connectivity index (χ0v) is 19.9. The second-order valence-corrected chi connectivity index (χ2v) is 7.47. The highest BCUT2D eigenvalue weighted by molar-refractivity contribution is 8.07. The van der Waals surface area contributed by atoms with Crippen molar-refractivity contribution < 1.29 is 9.18 Å². The Labute approximate surface area is 197 Å². The molecule has 0 saturated carbocycles. The fourth-order valence-electron chi connectivity index (χ4n) is 2.91. The summed E-state index contributed by atoms with van der Waals surface area (Å²) in [6.07, 6.45) is 6.42. The quantitative estimate of drug-likeness (QED) is 0.361. The fraction of sp³-hybridized carbons (Fsp3) is 0.240. The van der Waals surface area contributed by atoms with Crippen LogP contribution in [-0.4, -0.2) is 22.1 Å². The fourth-order valence-corrected chi connectivity index (χ4v) is 3.58. The zero-order chi connectivity index (χ0) is 24.2. The second kappa shape index (κ2) is 13.2. The van der Waals surface area contributed by atoms with Gasteiger partial charge in [-0.1, -0.05) is 51.1 Å². The highest BCUT2D eigenvalue weighted by Crippen LogP contribution is 2.31. The maximum Gasteiger partial charge on any atom is 0.230 e. The molecule has 1 amide bonds. The number of allylic oxidation sites excluding steroid dienone is 1. The molecule has 8 heteroatoms. The molecule has 0 aliphatic heterocycles. The number of hydrogen-bond acceptors (Lipinski definition) is 6. The molecular weight excluding hydrogens is 439 g/mol. The third kappa shape index (κ3) is 7.32. The molecule has 3 aromatic rings. The van der Waals surface area contributed by atoms with E-state index in [-0.39, 0.29) is 18.1 Å². The molecule has 0 aliphatic rings. The molecule has 0 aliphatic carbocycles. The van der Waals surface area contributed by atoms with Gasteiger partial charge in [0.2, 0.25) is 5.91 Å². The molecule has 33 heavy (non-hydrogen) atoms. The minimum absolute atomic E-state index is 0.0927. The molecule has 3 rings (SSSR count). The van der Waals surface area contributed by atoms with Gasteiger partial charge >= 0.3 is 0 Å². The van der Waals surface area contributed by atoms with E-state index in [1.54, 1.807) is 42.6 Å². The lowest BCUT2D eigenvalue weighted by Crippen LogP contribution is -2.17. The summed E-state index contributed by atoms with van der Waals surface area (Å²) in [5.41, 5.74) is 2.99. The van der Waals surface area contributed by atoms with Gasteiger partial charge in [0.25, 0.3) is 0 Å². The molecule has 0 fully saturated rings. The Bertz CT molecular complexity index is 1100. The Kier molecular flexibility index (Phi) is 10.4. The number of carbonyl (C=O) groups is 1. The highest BCUT2D eigenvalue weighted by Gasteiger charge is 2.16. The SMILES string of the molecule is CC.CC/C=C(\SC)c1nc(-c2ccc(N=O)cc2)cnc1NC(=O)Cc1ccc(F)cc1. The van der Waals surface area contributed by atoms with E-state index in [2.05, 4.69) is 15.5 Å². The summed E-state index contributed by atoms with van der Waals surface area (Å²) in [6.45, 7) is 6.02. The van der Waals surface area contributed by atoms with Crippen LogP contribution in [0.5, 0.6) is 0 Å². The Morgan fingerprint density at radius 2 is 1.79 bits per heavy atom. The van der Waals surface area contributed by atoms with E-state index in [9.17, 15) is 14.1 Å². The normalized spacial score (nSPS) is 10.8. The Balaban J connectivity index is 0.00000187. The number of halogens is 1. The van der Waals surface area contributed by atoms with Crippen molar-refractivity contribution in [1.29, 1.82) is 0 Å². The van der Waals surface area contributed by atoms with Crippen LogP contribution in [0, 0.1) is 10.7 Å². The van der Waals surface area contributed by atoms with Crippen LogP contribution in [0.1, 0.15) is 38.4 Å². The van der Waals surface area contributed by atoms with Gasteiger partial charge in [0.05, 0.1) is 18.3 Å². The van der Waals surface area contributed by atoms with Gasteiger partial charge in [-0.25, -0.2) is 14.4 Å². The van der Waals surface area contributed by atoms with Gasteiger partial charge in [-0.2, -0.15) is 0 Å². The van der Waals surface area contributed by atoms with Crippen LogP contribution >= 0.6 is 11.8 Å². The standard InChI is InChI=1S/C23H21FN4O2S.C2H6/c1-3-4-20(31-2)22-23(27-21(29)13-15-5-9-17(24)10-6-15)25-14-19(26-22)16-7-11-18(28-30)12-8-16;1-2/h4-12,14H,3,13H2,1-2H3,(H,25,27,29);1-2H3/b20-4-;. The third-order valence-corrected chi connectivity index (χ3v) is 5.22. The van der Waals surface area contributed by atoms with Crippen LogP contribution in [0.3, 0.4) is 0 Å². The minimum atomic E-state index is -0.348. The van der Waals surface area contributed by atoms with Crippen LogP contribution in [-0.2, 0) is 11.2 Å². The third-order valence-electron chi connectivity index (χ3n) is 4.42. The first-order chi connectivity index (χ1) is 16.0. The first-order valence-corrected chi connectivity index (χ1v) is 11.9.